The van der Waals surface area contributed by atoms with Gasteiger partial charge in [0.25, 0.3) is 5.91 Å². The number of aliphatic hydroxyl groups excluding tert-OH is 1. The summed E-state index contributed by atoms with van der Waals surface area (Å²) in [4.78, 5) is 41.8. The topological polar surface area (TPSA) is 83.9 Å². The quantitative estimate of drug-likeness (QED) is 0.375. The van der Waals surface area contributed by atoms with Crippen molar-refractivity contribution in [2.45, 2.75) is 91.4 Å². The third-order valence-corrected chi connectivity index (χ3v) is 7.73. The molecule has 3 rings (SSSR count). The highest BCUT2D eigenvalue weighted by atomic mass is 16.5. The van der Waals surface area contributed by atoms with Crippen LogP contribution in [0.15, 0.2) is 48.5 Å². The number of carbonyl (C=O) groups is 3. The average molecular weight is 522 g/mol. The Morgan fingerprint density at radius 2 is 1.74 bits per heavy atom. The number of ketones is 2. The van der Waals surface area contributed by atoms with Crippen molar-refractivity contribution in [3.8, 4) is 0 Å². The molecule has 1 amide bonds. The predicted molar refractivity (Wildman–Crippen MR) is 149 cm³/mol. The summed E-state index contributed by atoms with van der Waals surface area (Å²) in [5, 5.41) is 11.4. The maximum atomic E-state index is 13.7. The minimum Gasteiger partial charge on any atom is -0.383 e. The number of aliphatic hydroxyl groups is 1. The number of benzene rings is 2. The second-order valence-corrected chi connectivity index (χ2v) is 11.6. The molecule has 206 valence electrons. The van der Waals surface area contributed by atoms with Gasteiger partial charge in [-0.2, -0.15) is 0 Å². The molecular weight excluding hydrogens is 478 g/mol. The van der Waals surface area contributed by atoms with Gasteiger partial charge in [0.15, 0.2) is 11.6 Å². The molecule has 0 bridgehead atoms. The molecule has 3 unspecified atom stereocenters. The van der Waals surface area contributed by atoms with Crippen molar-refractivity contribution >= 4 is 17.5 Å². The van der Waals surface area contributed by atoms with Gasteiger partial charge in [-0.25, -0.2) is 0 Å². The van der Waals surface area contributed by atoms with Crippen LogP contribution in [0.5, 0.6) is 0 Å². The van der Waals surface area contributed by atoms with Crippen molar-refractivity contribution in [2.75, 3.05) is 6.73 Å². The summed E-state index contributed by atoms with van der Waals surface area (Å²) >= 11 is 0. The summed E-state index contributed by atoms with van der Waals surface area (Å²) < 4.78 is 5.87. The lowest BCUT2D eigenvalue weighted by Gasteiger charge is -2.32. The van der Waals surface area contributed by atoms with Crippen LogP contribution in [0.25, 0.3) is 0 Å². The lowest BCUT2D eigenvalue weighted by atomic mass is 9.85. The smallest absolute Gasteiger partial charge is 0.254 e. The van der Waals surface area contributed by atoms with Gasteiger partial charge in [0.1, 0.15) is 18.9 Å². The van der Waals surface area contributed by atoms with Crippen LogP contribution >= 0.6 is 0 Å². The van der Waals surface area contributed by atoms with Crippen LogP contribution in [-0.4, -0.2) is 52.0 Å². The minimum atomic E-state index is -1.45. The summed E-state index contributed by atoms with van der Waals surface area (Å²) in [6, 6.07) is 14.4. The van der Waals surface area contributed by atoms with Crippen LogP contribution in [0.4, 0.5) is 0 Å². The zero-order chi connectivity index (χ0) is 28.0. The highest BCUT2D eigenvalue weighted by molar-refractivity contribution is 5.98. The monoisotopic (exact) mass is 521 g/mol. The van der Waals surface area contributed by atoms with Crippen LogP contribution in [0.2, 0.25) is 0 Å². The maximum absolute atomic E-state index is 13.7. The van der Waals surface area contributed by atoms with E-state index in [4.69, 9.17) is 4.74 Å². The Bertz CT molecular complexity index is 1120. The van der Waals surface area contributed by atoms with E-state index in [-0.39, 0.29) is 24.7 Å². The molecule has 2 aromatic carbocycles. The van der Waals surface area contributed by atoms with Gasteiger partial charge in [-0.15, -0.1) is 0 Å². The number of Topliss-reactive ketones (excluding diaryl/α,β-unsaturated/α-hetero) is 2. The Kier molecular flexibility index (Phi) is 10.0. The number of hydrogen-bond donors (Lipinski definition) is 1. The fraction of sp³-hybridized carbons (Fsp3) is 0.531. The lowest BCUT2D eigenvalue weighted by Crippen LogP contribution is -2.53. The van der Waals surface area contributed by atoms with Crippen molar-refractivity contribution < 1.29 is 24.2 Å². The Morgan fingerprint density at radius 3 is 2.39 bits per heavy atom. The van der Waals surface area contributed by atoms with Gasteiger partial charge >= 0.3 is 0 Å². The standard InChI is InChI=1S/C32H43NO5/c1-21(2)12-10-17-27(34)30-32(5,6)38-20-33(30)31(37)29(36)25(18-24-14-8-7-9-15-24)19-28(35)26-16-11-13-22(3)23(26)4/h7-9,11,13-16,21,25,29-30,36H,10,12,17-20H2,1-6H3. The molecule has 1 aliphatic heterocycles. The summed E-state index contributed by atoms with van der Waals surface area (Å²) in [6.45, 7) is 11.7. The van der Waals surface area contributed by atoms with E-state index in [9.17, 15) is 19.5 Å². The summed E-state index contributed by atoms with van der Waals surface area (Å²) in [6.07, 6.45) is 0.943. The molecule has 1 aliphatic rings. The van der Waals surface area contributed by atoms with E-state index in [1.165, 1.54) is 4.90 Å². The number of hydrogen-bond acceptors (Lipinski definition) is 5. The average Bonchev–Trinajstić information content (AvgIpc) is 3.19. The second-order valence-electron chi connectivity index (χ2n) is 11.6. The highest BCUT2D eigenvalue weighted by Gasteiger charge is 2.49. The van der Waals surface area contributed by atoms with Crippen molar-refractivity contribution in [1.29, 1.82) is 0 Å². The Balaban J connectivity index is 1.84. The number of amides is 1. The number of nitrogens with zero attached hydrogens (tertiary/aromatic N) is 1. The van der Waals surface area contributed by atoms with E-state index in [0.29, 0.717) is 24.3 Å². The molecule has 0 aromatic heterocycles. The number of carbonyl (C=O) groups excluding carboxylic acids is 3. The number of aryl methyl sites for hydroxylation is 1. The first kappa shape index (κ1) is 29.7. The number of rotatable bonds is 12. The molecule has 0 spiro atoms. The normalized spacial score (nSPS) is 18.4. The van der Waals surface area contributed by atoms with E-state index < -0.39 is 29.6 Å². The molecule has 1 fully saturated rings. The molecule has 1 N–H and O–H groups in total. The van der Waals surface area contributed by atoms with Crippen molar-refractivity contribution in [1.82, 2.24) is 4.90 Å². The summed E-state index contributed by atoms with van der Waals surface area (Å²) in [5.41, 5.74) is 2.60. The molecule has 2 aromatic rings. The Hall–Kier alpha value is -2.83. The lowest BCUT2D eigenvalue weighted by molar-refractivity contribution is -0.148. The molecule has 0 radical (unpaired) electrons. The van der Waals surface area contributed by atoms with Gasteiger partial charge in [0.05, 0.1) is 5.60 Å². The summed E-state index contributed by atoms with van der Waals surface area (Å²) in [7, 11) is 0. The van der Waals surface area contributed by atoms with Crippen molar-refractivity contribution in [3.63, 3.8) is 0 Å². The van der Waals surface area contributed by atoms with Crippen LogP contribution in [0, 0.1) is 25.7 Å². The summed E-state index contributed by atoms with van der Waals surface area (Å²) in [5.74, 6) is -0.897. The molecule has 1 saturated heterocycles. The second kappa shape index (κ2) is 12.8. The van der Waals surface area contributed by atoms with E-state index in [1.807, 2.05) is 70.2 Å². The largest absolute Gasteiger partial charge is 0.383 e. The Morgan fingerprint density at radius 1 is 1.05 bits per heavy atom. The molecule has 3 atom stereocenters. The fourth-order valence-electron chi connectivity index (χ4n) is 5.32. The van der Waals surface area contributed by atoms with E-state index in [0.717, 1.165) is 29.5 Å². The van der Waals surface area contributed by atoms with Crippen molar-refractivity contribution in [2.24, 2.45) is 11.8 Å². The van der Waals surface area contributed by atoms with Crippen LogP contribution < -0.4 is 0 Å². The first-order chi connectivity index (χ1) is 17.9. The zero-order valence-electron chi connectivity index (χ0n) is 23.7. The SMILES string of the molecule is Cc1cccc(C(=O)CC(Cc2ccccc2)C(O)C(=O)N2COC(C)(C)C2C(=O)CCCC(C)C)c1C. The highest BCUT2D eigenvalue weighted by Crippen LogP contribution is 2.32. The molecule has 6 heteroatoms. The Labute approximate surface area is 227 Å². The van der Waals surface area contributed by atoms with Crippen LogP contribution in [0.1, 0.15) is 80.4 Å². The number of ether oxygens (including phenoxy) is 1. The van der Waals surface area contributed by atoms with Gasteiger partial charge in [-0.3, -0.25) is 14.4 Å². The third-order valence-electron chi connectivity index (χ3n) is 7.73. The van der Waals surface area contributed by atoms with Crippen LogP contribution in [0.3, 0.4) is 0 Å². The van der Waals surface area contributed by atoms with Gasteiger partial charge in [-0.1, -0.05) is 68.8 Å². The molecule has 1 heterocycles. The molecular formula is C32H43NO5. The van der Waals surface area contributed by atoms with Gasteiger partial charge in [-0.05, 0) is 63.1 Å². The third kappa shape index (κ3) is 7.17. The minimum absolute atomic E-state index is 0.0111. The first-order valence-electron chi connectivity index (χ1n) is 13.7. The maximum Gasteiger partial charge on any atom is 0.254 e. The van der Waals surface area contributed by atoms with E-state index in [2.05, 4.69) is 13.8 Å². The van der Waals surface area contributed by atoms with Gasteiger partial charge in [0.2, 0.25) is 0 Å². The van der Waals surface area contributed by atoms with E-state index >= 15 is 0 Å². The van der Waals surface area contributed by atoms with Crippen molar-refractivity contribution in [3.05, 3.63) is 70.8 Å². The van der Waals surface area contributed by atoms with E-state index in [1.54, 1.807) is 6.07 Å². The fourth-order valence-corrected chi connectivity index (χ4v) is 5.32. The van der Waals surface area contributed by atoms with Gasteiger partial charge in [0, 0.05) is 24.3 Å². The molecule has 38 heavy (non-hydrogen) atoms. The first-order valence-corrected chi connectivity index (χ1v) is 13.7. The molecule has 6 nitrogen and oxygen atoms in total. The van der Waals surface area contributed by atoms with Gasteiger partial charge < -0.3 is 14.7 Å². The zero-order valence-corrected chi connectivity index (χ0v) is 23.7. The predicted octanol–water partition coefficient (Wildman–Crippen LogP) is 5.45. The molecule has 0 aliphatic carbocycles. The van der Waals surface area contributed by atoms with Crippen LogP contribution in [-0.2, 0) is 20.7 Å². The molecule has 0 saturated carbocycles.